The van der Waals surface area contributed by atoms with Crippen molar-refractivity contribution in [1.82, 2.24) is 0 Å². The third-order valence-electron chi connectivity index (χ3n) is 2.67. The van der Waals surface area contributed by atoms with Gasteiger partial charge in [-0.1, -0.05) is 25.3 Å². The molecule has 3 heteroatoms. The number of benzene rings is 1. The zero-order valence-electron chi connectivity index (χ0n) is 10.2. The Labute approximate surface area is 102 Å². The second-order valence-corrected chi connectivity index (χ2v) is 4.24. The Balaban J connectivity index is 2.94. The molecule has 0 fully saturated rings. The summed E-state index contributed by atoms with van der Waals surface area (Å²) in [6.07, 6.45) is 6.66. The number of carboxylic acid groups (broad SMARTS) is 1. The first kappa shape index (κ1) is 13.1. The van der Waals surface area contributed by atoms with Crippen LogP contribution in [0.3, 0.4) is 0 Å². The first-order chi connectivity index (χ1) is 8.01. The molecule has 1 aromatic carbocycles. The molecule has 1 atom stereocenters. The molecule has 0 aromatic heterocycles. The molecule has 0 bridgehead atoms. The van der Waals surface area contributed by atoms with Crippen LogP contribution in [0.2, 0.25) is 0 Å². The van der Waals surface area contributed by atoms with E-state index in [1.807, 2.05) is 25.1 Å². The van der Waals surface area contributed by atoms with Gasteiger partial charge >= 0.3 is 5.97 Å². The molecule has 0 aliphatic carbocycles. The van der Waals surface area contributed by atoms with Crippen molar-refractivity contribution in [1.29, 1.82) is 0 Å². The maximum Gasteiger partial charge on any atom is 0.329 e. The first-order valence-corrected chi connectivity index (χ1v) is 5.60. The van der Waals surface area contributed by atoms with Gasteiger partial charge in [0.25, 0.3) is 0 Å². The number of carbonyl (C=O) groups is 1. The minimum atomic E-state index is -0.956. The lowest BCUT2D eigenvalue weighted by molar-refractivity contribution is -0.141. The van der Waals surface area contributed by atoms with E-state index in [0.717, 1.165) is 17.7 Å². The molecule has 2 N–H and O–H groups in total. The molecule has 90 valence electrons. The van der Waals surface area contributed by atoms with Crippen molar-refractivity contribution in [3.63, 3.8) is 0 Å². The van der Waals surface area contributed by atoms with Gasteiger partial charge in [0.05, 0.1) is 0 Å². The Hall–Kier alpha value is -1.95. The van der Waals surface area contributed by atoms with Crippen molar-refractivity contribution in [2.24, 2.45) is 0 Å². The number of rotatable bonds is 5. The van der Waals surface area contributed by atoms with Crippen LogP contribution < -0.4 is 5.32 Å². The molecule has 17 heavy (non-hydrogen) atoms. The zero-order valence-corrected chi connectivity index (χ0v) is 10.2. The molecule has 1 unspecified atom stereocenters. The fraction of sp³-hybridized carbons (Fsp3) is 0.357. The van der Waals surface area contributed by atoms with E-state index in [2.05, 4.69) is 11.2 Å². The van der Waals surface area contributed by atoms with Gasteiger partial charge in [-0.2, -0.15) is 0 Å². The molecule has 0 aliphatic rings. The van der Waals surface area contributed by atoms with Crippen molar-refractivity contribution >= 4 is 11.7 Å². The average Bonchev–Trinajstić information content (AvgIpc) is 2.29. The number of carboxylic acids is 1. The van der Waals surface area contributed by atoms with Crippen LogP contribution in [-0.2, 0) is 4.79 Å². The molecule has 1 rings (SSSR count). The van der Waals surface area contributed by atoms with Crippen LogP contribution in [0.5, 0.6) is 0 Å². The van der Waals surface area contributed by atoms with Crippen LogP contribution in [-0.4, -0.2) is 16.6 Å². The van der Waals surface area contributed by atoms with Crippen molar-refractivity contribution in [3.05, 3.63) is 29.8 Å². The van der Waals surface area contributed by atoms with E-state index >= 15 is 0 Å². The second-order valence-electron chi connectivity index (χ2n) is 4.24. The highest BCUT2D eigenvalue weighted by atomic mass is 16.4. The fourth-order valence-electron chi connectivity index (χ4n) is 1.73. The second kappa shape index (κ2) is 5.40. The van der Waals surface area contributed by atoms with Crippen LogP contribution in [0.4, 0.5) is 5.69 Å². The van der Waals surface area contributed by atoms with Gasteiger partial charge in [-0.3, -0.25) is 0 Å². The lowest BCUT2D eigenvalue weighted by atomic mass is 9.95. The summed E-state index contributed by atoms with van der Waals surface area (Å²) < 4.78 is 0. The highest BCUT2D eigenvalue weighted by Crippen LogP contribution is 2.21. The van der Waals surface area contributed by atoms with Crippen molar-refractivity contribution in [2.45, 2.75) is 32.2 Å². The van der Waals surface area contributed by atoms with Crippen LogP contribution in [0.15, 0.2) is 24.3 Å². The Morgan fingerprint density at radius 1 is 1.59 bits per heavy atom. The SMILES string of the molecule is C#Cc1cccc(NC(C)(CCC)C(=O)O)c1. The van der Waals surface area contributed by atoms with Gasteiger partial charge in [0.1, 0.15) is 5.54 Å². The molecule has 0 saturated carbocycles. The summed E-state index contributed by atoms with van der Waals surface area (Å²) in [5, 5.41) is 12.3. The van der Waals surface area contributed by atoms with E-state index in [1.165, 1.54) is 0 Å². The van der Waals surface area contributed by atoms with Gasteiger partial charge in [-0.15, -0.1) is 6.42 Å². The van der Waals surface area contributed by atoms with Gasteiger partial charge in [0.2, 0.25) is 0 Å². The summed E-state index contributed by atoms with van der Waals surface area (Å²) in [5.41, 5.74) is 0.514. The van der Waals surface area contributed by atoms with Crippen LogP contribution in [0.25, 0.3) is 0 Å². The van der Waals surface area contributed by atoms with Crippen LogP contribution >= 0.6 is 0 Å². The van der Waals surface area contributed by atoms with Crippen LogP contribution in [0, 0.1) is 12.3 Å². The molecular weight excluding hydrogens is 214 g/mol. The summed E-state index contributed by atoms with van der Waals surface area (Å²) in [6, 6.07) is 7.21. The number of hydrogen-bond donors (Lipinski definition) is 2. The smallest absolute Gasteiger partial charge is 0.329 e. The van der Waals surface area contributed by atoms with Crippen LogP contribution in [0.1, 0.15) is 32.3 Å². The minimum absolute atomic E-state index is 0.558. The Morgan fingerprint density at radius 2 is 2.29 bits per heavy atom. The van der Waals surface area contributed by atoms with Crippen molar-refractivity contribution in [2.75, 3.05) is 5.32 Å². The van der Waals surface area contributed by atoms with E-state index < -0.39 is 11.5 Å². The maximum absolute atomic E-state index is 11.3. The molecule has 0 saturated heterocycles. The molecule has 0 aliphatic heterocycles. The number of hydrogen-bond acceptors (Lipinski definition) is 2. The maximum atomic E-state index is 11.3. The van der Waals surface area contributed by atoms with E-state index in [9.17, 15) is 9.90 Å². The molecule has 0 radical (unpaired) electrons. The monoisotopic (exact) mass is 231 g/mol. The Bertz CT molecular complexity index is 448. The van der Waals surface area contributed by atoms with E-state index in [0.29, 0.717) is 6.42 Å². The van der Waals surface area contributed by atoms with Gasteiger partial charge in [-0.25, -0.2) is 4.79 Å². The third-order valence-corrected chi connectivity index (χ3v) is 2.67. The fourth-order valence-corrected chi connectivity index (χ4v) is 1.73. The summed E-state index contributed by atoms with van der Waals surface area (Å²) in [4.78, 5) is 11.3. The minimum Gasteiger partial charge on any atom is -0.480 e. The van der Waals surface area contributed by atoms with Gasteiger partial charge in [0.15, 0.2) is 0 Å². The standard InChI is InChI=1S/C14H17NO2/c1-4-9-14(3,13(16)17)15-12-8-6-7-11(5-2)10-12/h2,6-8,10,15H,4,9H2,1,3H3,(H,16,17). The Morgan fingerprint density at radius 3 is 2.82 bits per heavy atom. The van der Waals surface area contributed by atoms with E-state index in [-0.39, 0.29) is 0 Å². The molecule has 1 aromatic rings. The number of anilines is 1. The molecule has 0 amide bonds. The predicted octanol–water partition coefficient (Wildman–Crippen LogP) is 2.72. The van der Waals surface area contributed by atoms with Gasteiger partial charge in [-0.05, 0) is 31.5 Å². The van der Waals surface area contributed by atoms with Gasteiger partial charge in [0, 0.05) is 11.3 Å². The largest absolute Gasteiger partial charge is 0.480 e. The predicted molar refractivity (Wildman–Crippen MR) is 68.9 cm³/mol. The summed E-state index contributed by atoms with van der Waals surface area (Å²) in [6.45, 7) is 3.64. The molecule has 0 spiro atoms. The lowest BCUT2D eigenvalue weighted by Crippen LogP contribution is -2.43. The molecular formula is C14H17NO2. The summed E-state index contributed by atoms with van der Waals surface area (Å²) in [5.74, 6) is 1.67. The van der Waals surface area contributed by atoms with Crippen molar-refractivity contribution in [3.8, 4) is 12.3 Å². The third kappa shape index (κ3) is 3.25. The highest BCUT2D eigenvalue weighted by molar-refractivity contribution is 5.82. The van der Waals surface area contributed by atoms with E-state index in [1.54, 1.807) is 13.0 Å². The summed E-state index contributed by atoms with van der Waals surface area (Å²) in [7, 11) is 0. The Kier molecular flexibility index (Phi) is 4.17. The number of aliphatic carboxylic acids is 1. The summed E-state index contributed by atoms with van der Waals surface area (Å²) >= 11 is 0. The average molecular weight is 231 g/mol. The lowest BCUT2D eigenvalue weighted by Gasteiger charge is -2.27. The molecule has 0 heterocycles. The topological polar surface area (TPSA) is 49.3 Å². The first-order valence-electron chi connectivity index (χ1n) is 5.60. The quantitative estimate of drug-likeness (QED) is 0.766. The van der Waals surface area contributed by atoms with E-state index in [4.69, 9.17) is 6.42 Å². The normalized spacial score (nSPS) is 13.5. The number of terminal acetylenes is 1. The van der Waals surface area contributed by atoms with Crippen molar-refractivity contribution < 1.29 is 9.90 Å². The molecule has 3 nitrogen and oxygen atoms in total. The number of nitrogens with one attached hydrogen (secondary N) is 1. The van der Waals surface area contributed by atoms with Gasteiger partial charge < -0.3 is 10.4 Å². The highest BCUT2D eigenvalue weighted by Gasteiger charge is 2.31. The zero-order chi connectivity index (χ0) is 12.9.